The van der Waals surface area contributed by atoms with Crippen LogP contribution >= 0.6 is 22.9 Å². The van der Waals surface area contributed by atoms with Crippen LogP contribution in [0.1, 0.15) is 24.6 Å². The summed E-state index contributed by atoms with van der Waals surface area (Å²) in [6, 6.07) is 0.545. The summed E-state index contributed by atoms with van der Waals surface area (Å²) in [7, 11) is 0. The summed E-state index contributed by atoms with van der Waals surface area (Å²) in [4.78, 5) is 7.29. The number of halogens is 1. The van der Waals surface area contributed by atoms with Gasteiger partial charge in [0, 0.05) is 12.6 Å². The fourth-order valence-corrected chi connectivity index (χ4v) is 3.01. The van der Waals surface area contributed by atoms with E-state index in [-0.39, 0.29) is 6.61 Å². The monoisotopic (exact) mass is 232 g/mol. The first-order valence-electron chi connectivity index (χ1n) is 4.75. The molecule has 0 saturated carbocycles. The van der Waals surface area contributed by atoms with Crippen molar-refractivity contribution < 1.29 is 5.11 Å². The van der Waals surface area contributed by atoms with Crippen molar-refractivity contribution in [3.8, 4) is 0 Å². The van der Waals surface area contributed by atoms with Crippen molar-refractivity contribution >= 4 is 28.1 Å². The van der Waals surface area contributed by atoms with E-state index in [2.05, 4.69) is 16.8 Å². The van der Waals surface area contributed by atoms with Crippen molar-refractivity contribution in [2.45, 2.75) is 32.4 Å². The van der Waals surface area contributed by atoms with Gasteiger partial charge in [0.1, 0.15) is 5.15 Å². The molecule has 0 radical (unpaired) electrons. The van der Waals surface area contributed by atoms with Gasteiger partial charge < -0.3 is 10.0 Å². The van der Waals surface area contributed by atoms with Crippen LogP contribution < -0.4 is 4.90 Å². The summed E-state index contributed by atoms with van der Waals surface area (Å²) in [5.41, 5.74) is 0. The van der Waals surface area contributed by atoms with Crippen molar-refractivity contribution in [3.05, 3.63) is 10.0 Å². The Hall–Kier alpha value is -0.320. The first-order chi connectivity index (χ1) is 6.72. The molecule has 1 aromatic rings. The van der Waals surface area contributed by atoms with E-state index < -0.39 is 0 Å². The molecule has 0 amide bonds. The van der Waals surface area contributed by atoms with Gasteiger partial charge in [0.05, 0.1) is 11.5 Å². The van der Waals surface area contributed by atoms with E-state index in [9.17, 15) is 0 Å². The van der Waals surface area contributed by atoms with Crippen LogP contribution in [0.3, 0.4) is 0 Å². The topological polar surface area (TPSA) is 36.4 Å². The minimum atomic E-state index is -0.0152. The van der Waals surface area contributed by atoms with Gasteiger partial charge in [-0.3, -0.25) is 0 Å². The molecule has 1 aromatic heterocycles. The Morgan fingerprint density at radius 3 is 3.00 bits per heavy atom. The van der Waals surface area contributed by atoms with E-state index in [4.69, 9.17) is 16.7 Å². The first kappa shape index (κ1) is 10.2. The molecule has 1 fully saturated rings. The number of hydrogen-bond donors (Lipinski definition) is 1. The highest BCUT2D eigenvalue weighted by molar-refractivity contribution is 7.16. The highest BCUT2D eigenvalue weighted by atomic mass is 35.5. The Kier molecular flexibility index (Phi) is 2.95. The van der Waals surface area contributed by atoms with Crippen molar-refractivity contribution in [3.63, 3.8) is 0 Å². The smallest absolute Gasteiger partial charge is 0.187 e. The van der Waals surface area contributed by atoms with Crippen LogP contribution in [0.2, 0.25) is 5.15 Å². The molecule has 0 spiro atoms. The Balaban J connectivity index is 2.23. The first-order valence-corrected chi connectivity index (χ1v) is 5.94. The van der Waals surface area contributed by atoms with Gasteiger partial charge in [-0.05, 0) is 19.8 Å². The summed E-state index contributed by atoms with van der Waals surface area (Å²) in [6.07, 6.45) is 2.43. The van der Waals surface area contributed by atoms with Gasteiger partial charge in [0.25, 0.3) is 0 Å². The maximum Gasteiger partial charge on any atom is 0.187 e. The van der Waals surface area contributed by atoms with Gasteiger partial charge in [-0.25, -0.2) is 4.98 Å². The Bertz CT molecular complexity index is 329. The number of rotatable bonds is 2. The predicted octanol–water partition coefficient (Wildman–Crippen LogP) is 2.28. The second-order valence-electron chi connectivity index (χ2n) is 3.55. The Labute approximate surface area is 92.3 Å². The van der Waals surface area contributed by atoms with Crippen LogP contribution in [0, 0.1) is 0 Å². The van der Waals surface area contributed by atoms with E-state index in [1.165, 1.54) is 24.2 Å². The molecular weight excluding hydrogens is 220 g/mol. The minimum Gasteiger partial charge on any atom is -0.391 e. The average Bonchev–Trinajstić information content (AvgIpc) is 2.71. The molecule has 1 saturated heterocycles. The van der Waals surface area contributed by atoms with Crippen LogP contribution in [0.5, 0.6) is 0 Å². The second kappa shape index (κ2) is 4.04. The molecule has 0 aliphatic carbocycles. The molecule has 2 rings (SSSR count). The molecule has 1 N–H and O–H groups in total. The molecule has 3 nitrogen and oxygen atoms in total. The van der Waals surface area contributed by atoms with Crippen LogP contribution in [-0.4, -0.2) is 22.7 Å². The van der Waals surface area contributed by atoms with Crippen molar-refractivity contribution in [1.82, 2.24) is 4.98 Å². The van der Waals surface area contributed by atoms with E-state index >= 15 is 0 Å². The number of nitrogens with zero attached hydrogens (tertiary/aromatic N) is 2. The summed E-state index contributed by atoms with van der Waals surface area (Å²) in [5, 5.41) is 10.4. The molecule has 1 aliphatic heterocycles. The molecule has 1 atom stereocenters. The molecule has 14 heavy (non-hydrogen) atoms. The lowest BCUT2D eigenvalue weighted by atomic mass is 10.2. The normalized spacial score (nSPS) is 21.9. The van der Waals surface area contributed by atoms with Crippen molar-refractivity contribution in [2.75, 3.05) is 11.4 Å². The SMILES string of the molecule is CC1CCCN1c1nc(Cl)c(CO)s1. The summed E-state index contributed by atoms with van der Waals surface area (Å²) >= 11 is 7.38. The lowest BCUT2D eigenvalue weighted by Gasteiger charge is -2.19. The van der Waals surface area contributed by atoms with E-state index in [1.807, 2.05) is 0 Å². The summed E-state index contributed by atoms with van der Waals surface area (Å²) in [6.45, 7) is 3.23. The Morgan fingerprint density at radius 2 is 2.50 bits per heavy atom. The molecule has 1 unspecified atom stereocenters. The standard InChI is InChI=1S/C9H13ClN2OS/c1-6-3-2-4-12(6)9-11-8(10)7(5-13)14-9/h6,13H,2-5H2,1H3. The molecule has 0 bridgehead atoms. The third kappa shape index (κ3) is 1.74. The summed E-state index contributed by atoms with van der Waals surface area (Å²) < 4.78 is 0. The largest absolute Gasteiger partial charge is 0.391 e. The van der Waals surface area contributed by atoms with E-state index in [0.717, 1.165) is 16.6 Å². The molecule has 5 heteroatoms. The molecule has 1 aliphatic rings. The van der Waals surface area contributed by atoms with Gasteiger partial charge in [0.15, 0.2) is 5.13 Å². The van der Waals surface area contributed by atoms with E-state index in [0.29, 0.717) is 11.2 Å². The fourth-order valence-electron chi connectivity index (χ4n) is 1.76. The second-order valence-corrected chi connectivity index (χ2v) is 4.97. The highest BCUT2D eigenvalue weighted by Gasteiger charge is 2.24. The number of anilines is 1. The lowest BCUT2D eigenvalue weighted by molar-refractivity contribution is 0.285. The van der Waals surface area contributed by atoms with Crippen LogP contribution in [0.25, 0.3) is 0 Å². The third-order valence-electron chi connectivity index (χ3n) is 2.58. The average molecular weight is 233 g/mol. The van der Waals surface area contributed by atoms with Crippen molar-refractivity contribution in [2.24, 2.45) is 0 Å². The third-order valence-corrected chi connectivity index (χ3v) is 4.08. The highest BCUT2D eigenvalue weighted by Crippen LogP contribution is 2.33. The van der Waals surface area contributed by atoms with E-state index in [1.54, 1.807) is 0 Å². The molecule has 2 heterocycles. The van der Waals surface area contributed by atoms with Gasteiger partial charge in [0.2, 0.25) is 0 Å². The van der Waals surface area contributed by atoms with Gasteiger partial charge in [-0.2, -0.15) is 0 Å². The number of thiazole rings is 1. The van der Waals surface area contributed by atoms with Crippen LogP contribution in [0.4, 0.5) is 5.13 Å². The number of hydrogen-bond acceptors (Lipinski definition) is 4. The van der Waals surface area contributed by atoms with Gasteiger partial charge in [-0.1, -0.05) is 22.9 Å². The minimum absolute atomic E-state index is 0.0152. The fraction of sp³-hybridized carbons (Fsp3) is 0.667. The van der Waals surface area contributed by atoms with Gasteiger partial charge in [-0.15, -0.1) is 0 Å². The number of aliphatic hydroxyl groups is 1. The van der Waals surface area contributed by atoms with Crippen molar-refractivity contribution in [1.29, 1.82) is 0 Å². The lowest BCUT2D eigenvalue weighted by Crippen LogP contribution is -2.25. The summed E-state index contributed by atoms with van der Waals surface area (Å²) in [5.74, 6) is 0. The zero-order chi connectivity index (χ0) is 10.1. The number of aromatic nitrogens is 1. The molecule has 78 valence electrons. The van der Waals surface area contributed by atoms with Crippen LogP contribution in [-0.2, 0) is 6.61 Å². The number of aliphatic hydroxyl groups excluding tert-OH is 1. The maximum absolute atomic E-state index is 9.01. The maximum atomic E-state index is 9.01. The zero-order valence-electron chi connectivity index (χ0n) is 8.03. The van der Waals surface area contributed by atoms with Gasteiger partial charge >= 0.3 is 0 Å². The molecular formula is C9H13ClN2OS. The molecule has 0 aromatic carbocycles. The zero-order valence-corrected chi connectivity index (χ0v) is 9.61. The Morgan fingerprint density at radius 1 is 1.71 bits per heavy atom. The van der Waals surface area contributed by atoms with Crippen LogP contribution in [0.15, 0.2) is 0 Å². The predicted molar refractivity (Wildman–Crippen MR) is 59.1 cm³/mol. The quantitative estimate of drug-likeness (QED) is 0.850.